The zero-order valence-electron chi connectivity index (χ0n) is 22.3. The Bertz CT molecular complexity index is 1360. The molecule has 2 aromatic carbocycles. The van der Waals surface area contributed by atoms with Gasteiger partial charge in [-0.15, -0.1) is 0 Å². The van der Waals surface area contributed by atoms with E-state index in [9.17, 15) is 18.7 Å². The summed E-state index contributed by atoms with van der Waals surface area (Å²) in [4.78, 5) is 12.4. The maximum absolute atomic E-state index is 16.0. The number of primary amides is 1. The van der Waals surface area contributed by atoms with Gasteiger partial charge in [0.05, 0.1) is 11.1 Å². The van der Waals surface area contributed by atoms with Crippen molar-refractivity contribution in [2.75, 3.05) is 6.54 Å². The number of hydrogen-bond donors (Lipinski definition) is 3. The van der Waals surface area contributed by atoms with Crippen LogP contribution in [0.2, 0.25) is 5.02 Å². The summed E-state index contributed by atoms with van der Waals surface area (Å²) >= 11 is 6.48. The minimum absolute atomic E-state index is 0.0866. The molecule has 2 aromatic rings. The second-order valence-corrected chi connectivity index (χ2v) is 11.1. The number of nitrogens with one attached hydrogen (secondary N) is 1. The highest BCUT2D eigenvalue weighted by Gasteiger charge is 2.51. The summed E-state index contributed by atoms with van der Waals surface area (Å²) in [5.41, 5.74) is 4.61. The van der Waals surface area contributed by atoms with Crippen molar-refractivity contribution in [1.82, 2.24) is 5.32 Å². The molecule has 0 aromatic heterocycles. The van der Waals surface area contributed by atoms with Crippen LogP contribution in [-0.4, -0.2) is 48.6 Å². The van der Waals surface area contributed by atoms with Crippen LogP contribution in [0.4, 0.5) is 17.6 Å². The van der Waals surface area contributed by atoms with Crippen LogP contribution in [0.15, 0.2) is 54.1 Å². The first-order valence-corrected chi connectivity index (χ1v) is 13.9. The van der Waals surface area contributed by atoms with E-state index < -0.39 is 52.7 Å². The molecule has 1 heterocycles. The fraction of sp³-hybridized carbons (Fsp3) is 0.433. The monoisotopic (exact) mass is 594 g/mol. The summed E-state index contributed by atoms with van der Waals surface area (Å²) in [6, 6.07) is 10.5. The highest BCUT2D eigenvalue weighted by atomic mass is 35.5. The Morgan fingerprint density at radius 3 is 2.56 bits per heavy atom. The molecule has 0 bridgehead atoms. The number of amides is 1. The highest BCUT2D eigenvalue weighted by molar-refractivity contribution is 6.33. The molecule has 1 amide bonds. The summed E-state index contributed by atoms with van der Waals surface area (Å²) in [6.07, 6.45) is 0.520. The van der Waals surface area contributed by atoms with Gasteiger partial charge in [0.25, 0.3) is 0 Å². The lowest BCUT2D eigenvalue weighted by atomic mass is 9.76. The van der Waals surface area contributed by atoms with Crippen molar-refractivity contribution in [1.29, 1.82) is 0 Å². The first-order valence-electron chi connectivity index (χ1n) is 13.5. The maximum atomic E-state index is 16.0. The van der Waals surface area contributed by atoms with Crippen LogP contribution in [-0.2, 0) is 15.1 Å². The molecule has 1 aliphatic heterocycles. The lowest BCUT2D eigenvalue weighted by molar-refractivity contribution is -0.159. The van der Waals surface area contributed by atoms with E-state index in [1.54, 1.807) is 0 Å². The molecule has 220 valence electrons. The molecule has 6 nitrogen and oxygen atoms in total. The van der Waals surface area contributed by atoms with Gasteiger partial charge in [-0.3, -0.25) is 4.79 Å². The van der Waals surface area contributed by atoms with Crippen LogP contribution in [0.5, 0.6) is 5.75 Å². The molecule has 1 unspecified atom stereocenters. The maximum Gasteiger partial charge on any atom is 0.345 e. The summed E-state index contributed by atoms with van der Waals surface area (Å²) in [5, 5.41) is 13.0. The standard InChI is InChI=1S/C30H31ClF4N2O4/c1-15-23-22(41-30(15,16-5-3-2-4-6-16)14-37-17-7-9-18(38)10-8-17)13-20(32)26(31)25(23)24-19(28(36)39)11-12-21(27(24)33)40-29(34)35/h2-6,11-13,15,17-18,21,27,29,37-38H,7-10,14H2,1H3,(H2,36,39)/t15-,17-,18+,21-,27?,30-/m0/s1. The van der Waals surface area contributed by atoms with E-state index in [0.717, 1.165) is 36.6 Å². The molecular formula is C30H31ClF4N2O4. The van der Waals surface area contributed by atoms with Crippen molar-refractivity contribution in [2.45, 2.75) is 75.2 Å². The van der Waals surface area contributed by atoms with Crippen molar-refractivity contribution in [3.8, 4) is 5.75 Å². The van der Waals surface area contributed by atoms with E-state index in [2.05, 4.69) is 10.1 Å². The van der Waals surface area contributed by atoms with Crippen LogP contribution >= 0.6 is 11.6 Å². The zero-order chi connectivity index (χ0) is 29.5. The number of halogens is 5. The molecule has 5 rings (SSSR count). The smallest absolute Gasteiger partial charge is 0.345 e. The molecule has 4 N–H and O–H groups in total. The Hall–Kier alpha value is -2.92. The van der Waals surface area contributed by atoms with Gasteiger partial charge < -0.3 is 25.6 Å². The molecular weight excluding hydrogens is 564 g/mol. The van der Waals surface area contributed by atoms with Crippen molar-refractivity contribution in [3.05, 3.63) is 81.7 Å². The molecule has 4 atom stereocenters. The van der Waals surface area contributed by atoms with E-state index in [0.29, 0.717) is 18.4 Å². The number of hydrogen-bond acceptors (Lipinski definition) is 5. The SMILES string of the molecule is C[C@H]1c2c(cc(F)c(Cl)c2C2=C(C(N)=O)C=C[C@H](OC(F)F)C2F)O[C@]1(CN[C@H]1CC[C@@H](O)CC1)c1ccccc1. The Balaban J connectivity index is 1.64. The quantitative estimate of drug-likeness (QED) is 0.350. The third-order valence-electron chi connectivity index (χ3n) is 8.36. The third-order valence-corrected chi connectivity index (χ3v) is 8.73. The third kappa shape index (κ3) is 5.50. The summed E-state index contributed by atoms with van der Waals surface area (Å²) in [5.74, 6) is -2.46. The van der Waals surface area contributed by atoms with E-state index in [4.69, 9.17) is 22.1 Å². The fourth-order valence-corrected chi connectivity index (χ4v) is 6.48. The van der Waals surface area contributed by atoms with Crippen molar-refractivity contribution < 1.29 is 36.9 Å². The summed E-state index contributed by atoms with van der Waals surface area (Å²) < 4.78 is 68.5. The van der Waals surface area contributed by atoms with Crippen LogP contribution in [0.25, 0.3) is 5.57 Å². The van der Waals surface area contributed by atoms with E-state index in [-0.39, 0.29) is 35.6 Å². The van der Waals surface area contributed by atoms with E-state index in [1.165, 1.54) is 0 Å². The number of benzene rings is 2. The molecule has 1 saturated carbocycles. The second kappa shape index (κ2) is 11.8. The molecule has 2 aliphatic carbocycles. The average molecular weight is 595 g/mol. The number of carbonyl (C=O) groups excluding carboxylic acids is 1. The van der Waals surface area contributed by atoms with Gasteiger partial charge in [-0.25, -0.2) is 8.78 Å². The van der Waals surface area contributed by atoms with Crippen molar-refractivity contribution in [2.24, 2.45) is 5.73 Å². The number of fused-ring (bicyclic) bond motifs is 1. The number of alkyl halides is 3. The fourth-order valence-electron chi connectivity index (χ4n) is 6.22. The van der Waals surface area contributed by atoms with Crippen molar-refractivity contribution >= 4 is 23.1 Å². The van der Waals surface area contributed by atoms with E-state index in [1.807, 2.05) is 37.3 Å². The molecule has 3 aliphatic rings. The Labute approximate surface area is 240 Å². The van der Waals surface area contributed by atoms with Gasteiger partial charge in [0.2, 0.25) is 5.91 Å². The van der Waals surface area contributed by atoms with Gasteiger partial charge in [-0.1, -0.05) is 61.0 Å². The van der Waals surface area contributed by atoms with Crippen LogP contribution in [0.3, 0.4) is 0 Å². The number of carbonyl (C=O) groups is 1. The number of nitrogens with two attached hydrogens (primary N) is 1. The van der Waals surface area contributed by atoms with Gasteiger partial charge in [-0.2, -0.15) is 8.78 Å². The number of aliphatic hydroxyl groups excluding tert-OH is 1. The minimum Gasteiger partial charge on any atom is -0.480 e. The number of ether oxygens (including phenoxy) is 2. The first kappa shape index (κ1) is 29.6. The zero-order valence-corrected chi connectivity index (χ0v) is 23.0. The van der Waals surface area contributed by atoms with Gasteiger partial charge in [-0.05, 0) is 31.2 Å². The van der Waals surface area contributed by atoms with Gasteiger partial charge in [0.15, 0.2) is 11.8 Å². The predicted molar refractivity (Wildman–Crippen MR) is 146 cm³/mol. The second-order valence-electron chi connectivity index (χ2n) is 10.7. The Morgan fingerprint density at radius 1 is 1.24 bits per heavy atom. The predicted octanol–water partition coefficient (Wildman–Crippen LogP) is 5.52. The van der Waals surface area contributed by atoms with E-state index >= 15 is 8.78 Å². The molecule has 41 heavy (non-hydrogen) atoms. The summed E-state index contributed by atoms with van der Waals surface area (Å²) in [7, 11) is 0. The number of rotatable bonds is 8. The highest BCUT2D eigenvalue weighted by Crippen LogP contribution is 2.55. The van der Waals surface area contributed by atoms with Crippen LogP contribution in [0, 0.1) is 5.82 Å². The van der Waals surface area contributed by atoms with Gasteiger partial charge in [0.1, 0.15) is 17.7 Å². The molecule has 1 fully saturated rings. The van der Waals surface area contributed by atoms with Crippen LogP contribution in [0.1, 0.15) is 55.2 Å². The number of aliphatic hydroxyl groups is 1. The largest absolute Gasteiger partial charge is 0.480 e. The lowest BCUT2D eigenvalue weighted by Crippen LogP contribution is -2.48. The molecule has 0 saturated heterocycles. The lowest BCUT2D eigenvalue weighted by Gasteiger charge is -2.37. The topological polar surface area (TPSA) is 93.8 Å². The first-order chi connectivity index (χ1) is 19.5. The Morgan fingerprint density at radius 2 is 1.93 bits per heavy atom. The molecule has 0 spiro atoms. The van der Waals surface area contributed by atoms with Gasteiger partial charge in [0, 0.05) is 46.8 Å². The molecule has 0 radical (unpaired) electrons. The minimum atomic E-state index is -3.30. The summed E-state index contributed by atoms with van der Waals surface area (Å²) in [6.45, 7) is -1.19. The van der Waals surface area contributed by atoms with Gasteiger partial charge >= 0.3 is 6.61 Å². The molecule has 11 heteroatoms. The average Bonchev–Trinajstić information content (AvgIpc) is 3.22. The normalized spacial score (nSPS) is 29.5. The van der Waals surface area contributed by atoms with Crippen LogP contribution < -0.4 is 15.8 Å². The van der Waals surface area contributed by atoms with Crippen molar-refractivity contribution in [3.63, 3.8) is 0 Å². The Kier molecular flexibility index (Phi) is 8.48.